The topological polar surface area (TPSA) is 26.3 Å². The lowest BCUT2D eigenvalue weighted by Crippen LogP contribution is -2.35. The van der Waals surface area contributed by atoms with Gasteiger partial charge < -0.3 is 9.01 Å². The van der Waals surface area contributed by atoms with Gasteiger partial charge in [-0.05, 0) is 0 Å². The summed E-state index contributed by atoms with van der Waals surface area (Å²) in [6.45, 7) is 2.11. The monoisotopic (exact) mass is 198 g/mol. The van der Waals surface area contributed by atoms with Crippen LogP contribution in [-0.2, 0) is 9.09 Å². The molecule has 0 aliphatic carbocycles. The molecule has 0 heterocycles. The largest absolute Gasteiger partial charge is 0.364 e. The molecule has 0 amide bonds. The zero-order chi connectivity index (χ0) is 9.83. The number of rotatable bonds is 5. The van der Waals surface area contributed by atoms with Crippen molar-refractivity contribution in [2.24, 2.45) is 0 Å². The Balaban J connectivity index is 3.41. The van der Waals surface area contributed by atoms with E-state index in [1.807, 2.05) is 21.1 Å². The van der Waals surface area contributed by atoms with E-state index in [4.69, 9.17) is 0 Å². The molecule has 0 spiro atoms. The fourth-order valence-corrected chi connectivity index (χ4v) is 1.22. The molecular formula is C7H18FNO2P+. The Morgan fingerprint density at radius 2 is 1.92 bits per heavy atom. The smallest absolute Gasteiger partial charge is 0.331 e. The number of hydrogen-bond acceptors (Lipinski definition) is 2. The van der Waals surface area contributed by atoms with Crippen molar-refractivity contribution in [3.05, 3.63) is 0 Å². The van der Waals surface area contributed by atoms with Gasteiger partial charge in [0.2, 0.25) is 0 Å². The summed E-state index contributed by atoms with van der Waals surface area (Å²) in [5, 5.41) is 0. The van der Waals surface area contributed by atoms with Gasteiger partial charge in [0.25, 0.3) is 0 Å². The van der Waals surface area contributed by atoms with Crippen LogP contribution < -0.4 is 0 Å². The van der Waals surface area contributed by atoms with Crippen LogP contribution in [0.15, 0.2) is 0 Å². The summed E-state index contributed by atoms with van der Waals surface area (Å²) in [4.78, 5) is 0. The van der Waals surface area contributed by atoms with Gasteiger partial charge in [-0.1, -0.05) is 0 Å². The van der Waals surface area contributed by atoms with Crippen molar-refractivity contribution in [1.82, 2.24) is 0 Å². The molecule has 0 saturated carbocycles. The normalized spacial score (nSPS) is 17.4. The maximum atomic E-state index is 12.3. The second kappa shape index (κ2) is 4.35. The Labute approximate surface area is 73.7 Å². The molecule has 0 aromatic carbocycles. The third-order valence-corrected chi connectivity index (χ3v) is 1.94. The lowest BCUT2D eigenvalue weighted by Gasteiger charge is -2.23. The molecule has 0 rings (SSSR count). The van der Waals surface area contributed by atoms with E-state index >= 15 is 0 Å². The summed E-state index contributed by atoms with van der Waals surface area (Å²) in [5.74, 6) is 0. The number of nitrogens with zero attached hydrogens (tertiary/aromatic N) is 1. The van der Waals surface area contributed by atoms with Gasteiger partial charge in [0, 0.05) is 13.1 Å². The first-order chi connectivity index (χ1) is 5.21. The van der Waals surface area contributed by atoms with Gasteiger partial charge in [-0.2, -0.15) is 4.20 Å². The molecule has 0 radical (unpaired) electrons. The molecular weight excluding hydrogens is 180 g/mol. The van der Waals surface area contributed by atoms with Crippen LogP contribution in [0.4, 0.5) is 4.20 Å². The van der Waals surface area contributed by atoms with E-state index in [0.29, 0.717) is 0 Å². The highest BCUT2D eigenvalue weighted by molar-refractivity contribution is 7.52. The van der Waals surface area contributed by atoms with E-state index in [1.54, 1.807) is 0 Å². The second-order valence-corrected chi connectivity index (χ2v) is 5.70. The van der Waals surface area contributed by atoms with Crippen molar-refractivity contribution in [3.63, 3.8) is 0 Å². The SMILES string of the molecule is C[N+](C)(C)CCCOP(C)(=O)F. The maximum absolute atomic E-state index is 12.3. The van der Waals surface area contributed by atoms with Gasteiger partial charge in [0.1, 0.15) is 0 Å². The Morgan fingerprint density at radius 1 is 1.42 bits per heavy atom. The van der Waals surface area contributed by atoms with Crippen LogP contribution in [0.5, 0.6) is 0 Å². The van der Waals surface area contributed by atoms with E-state index in [0.717, 1.165) is 24.1 Å². The third kappa shape index (κ3) is 10.1. The summed E-state index contributed by atoms with van der Waals surface area (Å²) in [6, 6.07) is 0. The molecule has 12 heavy (non-hydrogen) atoms. The lowest BCUT2D eigenvalue weighted by molar-refractivity contribution is -0.870. The summed E-state index contributed by atoms with van der Waals surface area (Å²) >= 11 is 0. The van der Waals surface area contributed by atoms with Crippen LogP contribution in [0.3, 0.4) is 0 Å². The van der Waals surface area contributed by atoms with Crippen molar-refractivity contribution >= 4 is 7.68 Å². The Morgan fingerprint density at radius 3 is 2.25 bits per heavy atom. The van der Waals surface area contributed by atoms with E-state index in [2.05, 4.69) is 4.52 Å². The van der Waals surface area contributed by atoms with Crippen LogP contribution >= 0.6 is 7.68 Å². The fourth-order valence-electron chi connectivity index (χ4n) is 0.766. The number of quaternary nitrogens is 1. The van der Waals surface area contributed by atoms with Crippen molar-refractivity contribution in [2.75, 3.05) is 41.0 Å². The van der Waals surface area contributed by atoms with Crippen molar-refractivity contribution in [1.29, 1.82) is 0 Å². The van der Waals surface area contributed by atoms with E-state index in [9.17, 15) is 8.76 Å². The molecule has 74 valence electrons. The zero-order valence-corrected chi connectivity index (χ0v) is 9.10. The summed E-state index contributed by atoms with van der Waals surface area (Å²) in [7, 11) is 2.37. The van der Waals surface area contributed by atoms with Gasteiger partial charge in [0.05, 0.1) is 34.3 Å². The van der Waals surface area contributed by atoms with E-state index in [-0.39, 0.29) is 6.61 Å². The Hall–Kier alpha value is 0.0800. The highest BCUT2D eigenvalue weighted by atomic mass is 31.2. The van der Waals surface area contributed by atoms with Gasteiger partial charge in [-0.15, -0.1) is 0 Å². The molecule has 0 aliphatic rings. The summed E-state index contributed by atoms with van der Waals surface area (Å²) in [6.07, 6.45) is 0.727. The van der Waals surface area contributed by atoms with E-state index < -0.39 is 7.68 Å². The highest BCUT2D eigenvalue weighted by Gasteiger charge is 2.13. The first-order valence-corrected chi connectivity index (χ1v) is 5.89. The van der Waals surface area contributed by atoms with Crippen LogP contribution in [0.2, 0.25) is 0 Å². The molecule has 0 aromatic heterocycles. The third-order valence-electron chi connectivity index (χ3n) is 1.30. The first-order valence-electron chi connectivity index (χ1n) is 3.93. The first kappa shape index (κ1) is 12.1. The fraction of sp³-hybridized carbons (Fsp3) is 1.00. The predicted octanol–water partition coefficient (Wildman–Crippen LogP) is 1.89. The Kier molecular flexibility index (Phi) is 4.38. The molecule has 0 saturated heterocycles. The van der Waals surface area contributed by atoms with Gasteiger partial charge >= 0.3 is 7.68 Å². The van der Waals surface area contributed by atoms with Crippen LogP contribution in [0, 0.1) is 0 Å². The Bertz CT molecular complexity index is 173. The minimum Gasteiger partial charge on any atom is -0.331 e. The van der Waals surface area contributed by atoms with Gasteiger partial charge in [-0.3, -0.25) is 4.57 Å². The molecule has 0 bridgehead atoms. The van der Waals surface area contributed by atoms with Crippen LogP contribution in [0.25, 0.3) is 0 Å². The molecule has 5 heteroatoms. The van der Waals surface area contributed by atoms with Gasteiger partial charge in [0.15, 0.2) is 0 Å². The second-order valence-electron chi connectivity index (χ2n) is 3.95. The molecule has 3 nitrogen and oxygen atoms in total. The minimum atomic E-state index is -3.75. The molecule has 0 aromatic rings. The van der Waals surface area contributed by atoms with Crippen LogP contribution in [-0.4, -0.2) is 45.4 Å². The quantitative estimate of drug-likeness (QED) is 0.383. The predicted molar refractivity (Wildman–Crippen MR) is 48.1 cm³/mol. The van der Waals surface area contributed by atoms with Crippen LogP contribution in [0.1, 0.15) is 6.42 Å². The summed E-state index contributed by atoms with van der Waals surface area (Å²) in [5.41, 5.74) is 0. The number of hydrogen-bond donors (Lipinski definition) is 0. The molecule has 0 aliphatic heterocycles. The maximum Gasteiger partial charge on any atom is 0.364 e. The van der Waals surface area contributed by atoms with E-state index in [1.165, 1.54) is 0 Å². The molecule has 1 atom stereocenters. The standard InChI is InChI=1S/C7H18FNO2P/c1-9(2,3)6-5-7-11-12(4,8)10/h5-7H2,1-4H3/q+1. The molecule has 0 fully saturated rings. The molecule has 0 N–H and O–H groups in total. The average Bonchev–Trinajstić information content (AvgIpc) is 1.76. The number of halogens is 1. The highest BCUT2D eigenvalue weighted by Crippen LogP contribution is 2.43. The summed E-state index contributed by atoms with van der Waals surface area (Å²) < 4.78 is 28.1. The molecule has 1 unspecified atom stereocenters. The lowest BCUT2D eigenvalue weighted by atomic mass is 10.4. The van der Waals surface area contributed by atoms with Crippen molar-refractivity contribution < 1.29 is 17.8 Å². The van der Waals surface area contributed by atoms with Crippen molar-refractivity contribution in [3.8, 4) is 0 Å². The van der Waals surface area contributed by atoms with Gasteiger partial charge in [-0.25, -0.2) is 0 Å². The average molecular weight is 198 g/mol. The zero-order valence-electron chi connectivity index (χ0n) is 8.21. The van der Waals surface area contributed by atoms with Crippen molar-refractivity contribution in [2.45, 2.75) is 6.42 Å². The minimum absolute atomic E-state index is 0.236.